The Morgan fingerprint density at radius 2 is 1.23 bits per heavy atom. The van der Waals surface area contributed by atoms with Gasteiger partial charge in [-0.3, -0.25) is 0 Å². The van der Waals surface area contributed by atoms with Gasteiger partial charge in [0.25, 0.3) is 0 Å². The molecule has 0 bridgehead atoms. The van der Waals surface area contributed by atoms with E-state index < -0.39 is 0 Å². The first-order valence-electron chi connectivity index (χ1n) is 8.57. The number of fused-ring (bicyclic) bond motifs is 3. The van der Waals surface area contributed by atoms with Gasteiger partial charge in [-0.05, 0) is 34.9 Å². The fraction of sp³-hybridized carbons (Fsp3) is 0. The molecule has 0 aliphatic heterocycles. The van der Waals surface area contributed by atoms with E-state index in [1.165, 1.54) is 11.1 Å². The third-order valence-corrected chi connectivity index (χ3v) is 5.04. The summed E-state index contributed by atoms with van der Waals surface area (Å²) in [5, 5.41) is 2.77. The lowest BCUT2D eigenvalue weighted by molar-refractivity contribution is 0.670. The summed E-state index contributed by atoms with van der Waals surface area (Å²) < 4.78 is 6.23. The van der Waals surface area contributed by atoms with E-state index in [0.717, 1.165) is 33.1 Å². The van der Waals surface area contributed by atoms with Crippen LogP contribution in [-0.2, 0) is 0 Å². The average Bonchev–Trinajstić information content (AvgIpc) is 3.09. The Kier molecular flexibility index (Phi) is 3.55. The molecular formula is C24H15ClO. The Balaban J connectivity index is 1.92. The van der Waals surface area contributed by atoms with Crippen molar-refractivity contribution in [2.24, 2.45) is 0 Å². The van der Waals surface area contributed by atoms with E-state index in [4.69, 9.17) is 16.0 Å². The number of furan rings is 1. The van der Waals surface area contributed by atoms with Crippen molar-refractivity contribution in [2.45, 2.75) is 0 Å². The molecule has 5 rings (SSSR count). The minimum atomic E-state index is 0.638. The van der Waals surface area contributed by atoms with Crippen molar-refractivity contribution in [3.05, 3.63) is 96.0 Å². The molecule has 0 unspecified atom stereocenters. The van der Waals surface area contributed by atoms with E-state index in [-0.39, 0.29) is 0 Å². The molecule has 2 heteroatoms. The van der Waals surface area contributed by atoms with E-state index in [0.29, 0.717) is 5.02 Å². The zero-order chi connectivity index (χ0) is 17.5. The quantitative estimate of drug-likeness (QED) is 0.318. The summed E-state index contributed by atoms with van der Waals surface area (Å²) in [4.78, 5) is 0. The van der Waals surface area contributed by atoms with Crippen molar-refractivity contribution in [3.63, 3.8) is 0 Å². The van der Waals surface area contributed by atoms with Gasteiger partial charge in [-0.15, -0.1) is 0 Å². The average molecular weight is 355 g/mol. The normalized spacial score (nSPS) is 11.3. The largest absolute Gasteiger partial charge is 0.454 e. The molecule has 0 N–H and O–H groups in total. The molecule has 1 aromatic heterocycles. The lowest BCUT2D eigenvalue weighted by Gasteiger charge is -2.08. The van der Waals surface area contributed by atoms with Gasteiger partial charge in [0.05, 0.1) is 5.02 Å². The van der Waals surface area contributed by atoms with Gasteiger partial charge in [-0.25, -0.2) is 0 Å². The van der Waals surface area contributed by atoms with Gasteiger partial charge >= 0.3 is 0 Å². The first kappa shape index (κ1) is 15.2. The van der Waals surface area contributed by atoms with Crippen LogP contribution in [0.1, 0.15) is 0 Å². The van der Waals surface area contributed by atoms with Crippen LogP contribution in [0.2, 0.25) is 5.02 Å². The smallest absolute Gasteiger partial charge is 0.154 e. The summed E-state index contributed by atoms with van der Waals surface area (Å²) in [6.07, 6.45) is 0. The first-order valence-corrected chi connectivity index (χ1v) is 8.95. The zero-order valence-electron chi connectivity index (χ0n) is 13.9. The minimum Gasteiger partial charge on any atom is -0.454 e. The maximum absolute atomic E-state index is 6.39. The summed E-state index contributed by atoms with van der Waals surface area (Å²) in [6, 6.07) is 31.1. The van der Waals surface area contributed by atoms with Crippen molar-refractivity contribution in [2.75, 3.05) is 0 Å². The third-order valence-electron chi connectivity index (χ3n) is 4.74. The van der Waals surface area contributed by atoms with E-state index in [1.807, 2.05) is 36.4 Å². The zero-order valence-corrected chi connectivity index (χ0v) is 14.7. The van der Waals surface area contributed by atoms with Crippen LogP contribution >= 0.6 is 11.6 Å². The van der Waals surface area contributed by atoms with Gasteiger partial charge in [0.1, 0.15) is 5.58 Å². The van der Waals surface area contributed by atoms with Gasteiger partial charge in [0.15, 0.2) is 5.58 Å². The molecule has 0 atom stereocenters. The molecule has 0 fully saturated rings. The molecule has 0 aliphatic carbocycles. The Morgan fingerprint density at radius 1 is 0.538 bits per heavy atom. The molecule has 0 radical (unpaired) electrons. The number of rotatable bonds is 2. The van der Waals surface area contributed by atoms with Crippen LogP contribution in [0.3, 0.4) is 0 Å². The standard InChI is InChI=1S/C24H15ClO/c25-22-13-7-12-19-21-15-18(16-8-3-1-4-9-16)14-20(23(21)26-24(19)22)17-10-5-2-6-11-17/h1-15H. The lowest BCUT2D eigenvalue weighted by atomic mass is 9.96. The SMILES string of the molecule is Clc1cccc2c1oc1c(-c3ccccc3)cc(-c3ccccc3)cc12. The lowest BCUT2D eigenvalue weighted by Crippen LogP contribution is -1.83. The fourth-order valence-corrected chi connectivity index (χ4v) is 3.71. The van der Waals surface area contributed by atoms with Gasteiger partial charge in [0, 0.05) is 16.3 Å². The summed E-state index contributed by atoms with van der Waals surface area (Å²) in [5.41, 5.74) is 6.17. The van der Waals surface area contributed by atoms with Gasteiger partial charge in [-0.1, -0.05) is 84.4 Å². The van der Waals surface area contributed by atoms with Crippen molar-refractivity contribution in [3.8, 4) is 22.3 Å². The Labute approximate surface area is 156 Å². The van der Waals surface area contributed by atoms with Crippen molar-refractivity contribution < 1.29 is 4.42 Å². The van der Waals surface area contributed by atoms with Crippen LogP contribution < -0.4 is 0 Å². The first-order chi connectivity index (χ1) is 12.8. The maximum Gasteiger partial charge on any atom is 0.154 e. The van der Waals surface area contributed by atoms with Crippen molar-refractivity contribution in [1.29, 1.82) is 0 Å². The van der Waals surface area contributed by atoms with E-state index in [2.05, 4.69) is 54.6 Å². The van der Waals surface area contributed by atoms with Gasteiger partial charge in [0.2, 0.25) is 0 Å². The Morgan fingerprint density at radius 3 is 1.96 bits per heavy atom. The number of para-hydroxylation sites is 1. The highest BCUT2D eigenvalue weighted by molar-refractivity contribution is 6.36. The molecule has 0 saturated carbocycles. The summed E-state index contributed by atoms with van der Waals surface area (Å²) in [6.45, 7) is 0. The Bertz CT molecular complexity index is 1220. The van der Waals surface area contributed by atoms with Gasteiger partial charge in [-0.2, -0.15) is 0 Å². The molecule has 0 saturated heterocycles. The summed E-state index contributed by atoms with van der Waals surface area (Å²) in [5.74, 6) is 0. The second-order valence-electron chi connectivity index (χ2n) is 6.35. The minimum absolute atomic E-state index is 0.638. The van der Waals surface area contributed by atoms with Crippen LogP contribution in [0.25, 0.3) is 44.2 Å². The molecule has 124 valence electrons. The molecule has 5 aromatic rings. The highest BCUT2D eigenvalue weighted by atomic mass is 35.5. The third kappa shape index (κ3) is 2.40. The molecule has 1 nitrogen and oxygen atoms in total. The van der Waals surface area contributed by atoms with E-state index in [9.17, 15) is 0 Å². The van der Waals surface area contributed by atoms with Crippen LogP contribution in [0.5, 0.6) is 0 Å². The summed E-state index contributed by atoms with van der Waals surface area (Å²) in [7, 11) is 0. The van der Waals surface area contributed by atoms with Crippen LogP contribution in [-0.4, -0.2) is 0 Å². The van der Waals surface area contributed by atoms with Crippen LogP contribution in [0.4, 0.5) is 0 Å². The molecule has 4 aromatic carbocycles. The predicted octanol–water partition coefficient (Wildman–Crippen LogP) is 7.57. The van der Waals surface area contributed by atoms with E-state index >= 15 is 0 Å². The monoisotopic (exact) mass is 354 g/mol. The molecule has 0 aliphatic rings. The molecule has 1 heterocycles. The second-order valence-corrected chi connectivity index (χ2v) is 6.76. The summed E-state index contributed by atoms with van der Waals surface area (Å²) >= 11 is 6.39. The fourth-order valence-electron chi connectivity index (χ4n) is 3.50. The van der Waals surface area contributed by atoms with Crippen LogP contribution in [0.15, 0.2) is 95.4 Å². The Hall–Kier alpha value is -3.03. The topological polar surface area (TPSA) is 13.1 Å². The number of hydrogen-bond acceptors (Lipinski definition) is 1. The number of hydrogen-bond donors (Lipinski definition) is 0. The molecule has 26 heavy (non-hydrogen) atoms. The highest BCUT2D eigenvalue weighted by Crippen LogP contribution is 2.41. The van der Waals surface area contributed by atoms with E-state index in [1.54, 1.807) is 0 Å². The molecule has 0 spiro atoms. The predicted molar refractivity (Wildman–Crippen MR) is 110 cm³/mol. The van der Waals surface area contributed by atoms with Crippen molar-refractivity contribution >= 4 is 33.5 Å². The molecular weight excluding hydrogens is 340 g/mol. The van der Waals surface area contributed by atoms with Crippen molar-refractivity contribution in [1.82, 2.24) is 0 Å². The highest BCUT2D eigenvalue weighted by Gasteiger charge is 2.16. The maximum atomic E-state index is 6.39. The van der Waals surface area contributed by atoms with Gasteiger partial charge < -0.3 is 4.42 Å². The number of benzene rings is 4. The molecule has 0 amide bonds. The van der Waals surface area contributed by atoms with Crippen LogP contribution in [0, 0.1) is 0 Å². The second kappa shape index (κ2) is 6.05. The number of halogens is 1.